The molecule has 1 aliphatic carbocycles. The predicted molar refractivity (Wildman–Crippen MR) is 127 cm³/mol. The second kappa shape index (κ2) is 11.9. The van der Waals surface area contributed by atoms with Crippen molar-refractivity contribution < 1.29 is 0 Å². The molecule has 0 amide bonds. The van der Waals surface area contributed by atoms with Gasteiger partial charge in [0, 0.05) is 11.5 Å². The highest BCUT2D eigenvalue weighted by Crippen LogP contribution is 2.30. The molecule has 1 fully saturated rings. The molecule has 0 saturated heterocycles. The molecule has 0 atom stereocenters. The molecule has 0 heterocycles. The number of benzene rings is 2. The molecule has 0 unspecified atom stereocenters. The maximum atomic E-state index is 3.53. The van der Waals surface area contributed by atoms with Gasteiger partial charge in [-0.2, -0.15) is 0 Å². The Morgan fingerprint density at radius 2 is 1.34 bits per heavy atom. The molecule has 0 spiro atoms. The molecule has 1 saturated carbocycles. The van der Waals surface area contributed by atoms with Gasteiger partial charge in [0.2, 0.25) is 0 Å². The van der Waals surface area contributed by atoms with E-state index in [0.717, 1.165) is 11.5 Å². The first-order valence-corrected chi connectivity index (χ1v) is 12.0. The highest BCUT2D eigenvalue weighted by atomic mass is 14.2. The summed E-state index contributed by atoms with van der Waals surface area (Å²) in [7, 11) is 0. The van der Waals surface area contributed by atoms with E-state index in [2.05, 4.69) is 74.2 Å². The lowest BCUT2D eigenvalue weighted by molar-refractivity contribution is 0.309. The molecule has 0 aliphatic heterocycles. The van der Waals surface area contributed by atoms with E-state index < -0.39 is 0 Å². The van der Waals surface area contributed by atoms with Crippen LogP contribution in [-0.2, 0) is 6.42 Å². The predicted octanol–water partition coefficient (Wildman–Crippen LogP) is 8.43. The summed E-state index contributed by atoms with van der Waals surface area (Å²) >= 11 is 0. The van der Waals surface area contributed by atoms with E-state index in [1.807, 2.05) is 0 Å². The fourth-order valence-corrected chi connectivity index (χ4v) is 4.44. The lowest BCUT2D eigenvalue weighted by Gasteiger charge is -2.24. The minimum atomic E-state index is 0.604. The van der Waals surface area contributed by atoms with Crippen molar-refractivity contribution in [2.45, 2.75) is 84.5 Å². The molecule has 154 valence electrons. The number of aryl methyl sites for hydroxylation is 1. The molecule has 29 heavy (non-hydrogen) atoms. The average molecular weight is 387 g/mol. The number of hydrogen-bond acceptors (Lipinski definition) is 0. The maximum absolute atomic E-state index is 3.53. The maximum Gasteiger partial charge on any atom is 0.0245 e. The standard InChI is InChI=1S/C29H38/c1-3-5-6-7-8-9-25-16-20-28(21-17-25)29-22-18-27(19-23-29)15-14-26-12-10-24(4-2)11-13-26/h16-24,26H,3-13H2,1-2H3/t24-,26-. The molecule has 0 heteroatoms. The van der Waals surface area contributed by atoms with Crippen LogP contribution >= 0.6 is 0 Å². The zero-order valence-electron chi connectivity index (χ0n) is 18.6. The molecule has 0 nitrogen and oxygen atoms in total. The zero-order valence-corrected chi connectivity index (χ0v) is 18.6. The van der Waals surface area contributed by atoms with Gasteiger partial charge in [-0.05, 0) is 73.3 Å². The Balaban J connectivity index is 1.50. The van der Waals surface area contributed by atoms with Gasteiger partial charge in [0.15, 0.2) is 0 Å². The Morgan fingerprint density at radius 1 is 0.724 bits per heavy atom. The van der Waals surface area contributed by atoms with Crippen molar-refractivity contribution in [2.24, 2.45) is 11.8 Å². The lowest BCUT2D eigenvalue weighted by atomic mass is 9.81. The van der Waals surface area contributed by atoms with E-state index >= 15 is 0 Å². The van der Waals surface area contributed by atoms with E-state index in [1.54, 1.807) is 0 Å². The van der Waals surface area contributed by atoms with E-state index in [1.165, 1.54) is 87.3 Å². The van der Waals surface area contributed by atoms with Crippen molar-refractivity contribution in [2.75, 3.05) is 0 Å². The summed E-state index contributed by atoms with van der Waals surface area (Å²) in [6.07, 6.45) is 14.6. The topological polar surface area (TPSA) is 0 Å². The molecular weight excluding hydrogens is 348 g/mol. The van der Waals surface area contributed by atoms with Crippen molar-refractivity contribution in [3.05, 3.63) is 59.7 Å². The normalized spacial score (nSPS) is 18.8. The third-order valence-corrected chi connectivity index (χ3v) is 6.59. The highest BCUT2D eigenvalue weighted by molar-refractivity contribution is 5.64. The lowest BCUT2D eigenvalue weighted by Crippen LogP contribution is -2.12. The molecule has 2 aromatic rings. The van der Waals surface area contributed by atoms with Crippen LogP contribution < -0.4 is 0 Å². The third-order valence-electron chi connectivity index (χ3n) is 6.59. The number of rotatable bonds is 8. The first-order chi connectivity index (χ1) is 14.3. The van der Waals surface area contributed by atoms with E-state index in [4.69, 9.17) is 0 Å². The zero-order chi connectivity index (χ0) is 20.3. The summed E-state index contributed by atoms with van der Waals surface area (Å²) < 4.78 is 0. The van der Waals surface area contributed by atoms with Gasteiger partial charge in [0.1, 0.15) is 0 Å². The van der Waals surface area contributed by atoms with Gasteiger partial charge in [-0.25, -0.2) is 0 Å². The van der Waals surface area contributed by atoms with Crippen molar-refractivity contribution in [1.82, 2.24) is 0 Å². The monoisotopic (exact) mass is 386 g/mol. The Labute approximate surface area is 179 Å². The van der Waals surface area contributed by atoms with Gasteiger partial charge in [-0.3, -0.25) is 0 Å². The van der Waals surface area contributed by atoms with Gasteiger partial charge < -0.3 is 0 Å². The molecule has 0 bridgehead atoms. The van der Waals surface area contributed by atoms with Gasteiger partial charge in [0.05, 0.1) is 0 Å². The number of hydrogen-bond donors (Lipinski definition) is 0. The summed E-state index contributed by atoms with van der Waals surface area (Å²) in [5, 5.41) is 0. The van der Waals surface area contributed by atoms with Crippen molar-refractivity contribution in [3.63, 3.8) is 0 Å². The summed E-state index contributed by atoms with van der Waals surface area (Å²) in [4.78, 5) is 0. The molecular formula is C29H38. The van der Waals surface area contributed by atoms with Gasteiger partial charge in [-0.1, -0.05) is 94.2 Å². The average Bonchev–Trinajstić information content (AvgIpc) is 2.79. The second-order valence-electron chi connectivity index (χ2n) is 8.83. The molecule has 0 aromatic heterocycles. The van der Waals surface area contributed by atoms with Crippen LogP contribution in [0.4, 0.5) is 0 Å². The smallest absolute Gasteiger partial charge is 0.0245 e. The molecule has 2 aromatic carbocycles. The van der Waals surface area contributed by atoms with Crippen LogP contribution in [0.25, 0.3) is 11.1 Å². The SMILES string of the molecule is CCCCCCCc1ccc(-c2ccc(C#C[C@H]3CC[C@H](CC)CC3)cc2)cc1. The van der Waals surface area contributed by atoms with Crippen LogP contribution in [-0.4, -0.2) is 0 Å². The summed E-state index contributed by atoms with van der Waals surface area (Å²) in [6.45, 7) is 4.59. The molecule has 3 rings (SSSR count). The van der Waals surface area contributed by atoms with Crippen LogP contribution in [0, 0.1) is 23.7 Å². The third kappa shape index (κ3) is 7.08. The molecule has 1 aliphatic rings. The van der Waals surface area contributed by atoms with E-state index in [-0.39, 0.29) is 0 Å². The Hall–Kier alpha value is -2.00. The number of unbranched alkanes of at least 4 members (excludes halogenated alkanes) is 4. The summed E-state index contributed by atoms with van der Waals surface area (Å²) in [5.74, 6) is 8.50. The Kier molecular flexibility index (Phi) is 8.88. The Bertz CT molecular complexity index is 762. The van der Waals surface area contributed by atoms with E-state index in [0.29, 0.717) is 5.92 Å². The van der Waals surface area contributed by atoms with Crippen LogP contribution in [0.5, 0.6) is 0 Å². The van der Waals surface area contributed by atoms with Crippen molar-refractivity contribution in [1.29, 1.82) is 0 Å². The molecule has 0 N–H and O–H groups in total. The van der Waals surface area contributed by atoms with Gasteiger partial charge in [0.25, 0.3) is 0 Å². The van der Waals surface area contributed by atoms with Crippen molar-refractivity contribution >= 4 is 0 Å². The quantitative estimate of drug-likeness (QED) is 0.315. The second-order valence-corrected chi connectivity index (χ2v) is 8.83. The van der Waals surface area contributed by atoms with E-state index in [9.17, 15) is 0 Å². The summed E-state index contributed by atoms with van der Waals surface area (Å²) in [5.41, 5.74) is 5.20. The van der Waals surface area contributed by atoms with Gasteiger partial charge in [-0.15, -0.1) is 0 Å². The molecule has 0 radical (unpaired) electrons. The minimum Gasteiger partial charge on any atom is -0.0945 e. The highest BCUT2D eigenvalue weighted by Gasteiger charge is 2.17. The fraction of sp³-hybridized carbons (Fsp3) is 0.517. The minimum absolute atomic E-state index is 0.604. The van der Waals surface area contributed by atoms with Gasteiger partial charge >= 0.3 is 0 Å². The largest absolute Gasteiger partial charge is 0.0945 e. The van der Waals surface area contributed by atoms with Crippen LogP contribution in [0.3, 0.4) is 0 Å². The van der Waals surface area contributed by atoms with Crippen LogP contribution in [0.2, 0.25) is 0 Å². The Morgan fingerprint density at radius 3 is 1.97 bits per heavy atom. The van der Waals surface area contributed by atoms with Crippen molar-refractivity contribution in [3.8, 4) is 23.0 Å². The van der Waals surface area contributed by atoms with Crippen LogP contribution in [0.1, 0.15) is 89.2 Å². The first kappa shape index (κ1) is 21.7. The van der Waals surface area contributed by atoms with Crippen LogP contribution in [0.15, 0.2) is 48.5 Å². The first-order valence-electron chi connectivity index (χ1n) is 12.0. The summed E-state index contributed by atoms with van der Waals surface area (Å²) in [6, 6.07) is 18.0. The fourth-order valence-electron chi connectivity index (χ4n) is 4.44.